The first-order valence-corrected chi connectivity index (χ1v) is 10.2. The van der Waals surface area contributed by atoms with Crippen molar-refractivity contribution in [2.24, 2.45) is 0 Å². The number of rotatable bonds is 5. The van der Waals surface area contributed by atoms with E-state index in [0.717, 1.165) is 58.0 Å². The van der Waals surface area contributed by atoms with Crippen molar-refractivity contribution < 1.29 is 4.39 Å². The lowest BCUT2D eigenvalue weighted by molar-refractivity contribution is 0.0900. The Morgan fingerprint density at radius 2 is 1.89 bits per heavy atom. The van der Waals surface area contributed by atoms with Crippen molar-refractivity contribution in [3.63, 3.8) is 0 Å². The van der Waals surface area contributed by atoms with Gasteiger partial charge in [-0.2, -0.15) is 5.10 Å². The Hall–Kier alpha value is -1.63. The maximum Gasteiger partial charge on any atom is 0.146 e. The van der Waals surface area contributed by atoms with Crippen molar-refractivity contribution in [2.45, 2.75) is 25.4 Å². The number of benzene rings is 1. The minimum Gasteiger partial charge on any atom is -0.367 e. The van der Waals surface area contributed by atoms with Gasteiger partial charge in [-0.3, -0.25) is 14.5 Å². The zero-order valence-corrected chi connectivity index (χ0v) is 16.4. The first-order valence-electron chi connectivity index (χ1n) is 9.83. The van der Waals surface area contributed by atoms with Crippen LogP contribution in [-0.2, 0) is 6.54 Å². The summed E-state index contributed by atoms with van der Waals surface area (Å²) in [4.78, 5) is 7.30. The molecule has 0 spiro atoms. The Balaban J connectivity index is 1.27. The van der Waals surface area contributed by atoms with Gasteiger partial charge in [-0.25, -0.2) is 4.39 Å². The van der Waals surface area contributed by atoms with Crippen LogP contribution in [0, 0.1) is 5.82 Å². The molecule has 4 rings (SSSR count). The Labute approximate surface area is 165 Å². The monoisotopic (exact) mass is 391 g/mol. The van der Waals surface area contributed by atoms with E-state index >= 15 is 0 Å². The molecule has 1 unspecified atom stereocenters. The topological polar surface area (TPSA) is 27.5 Å². The summed E-state index contributed by atoms with van der Waals surface area (Å²) >= 11 is 5.94. The predicted molar refractivity (Wildman–Crippen MR) is 107 cm³/mol. The minimum absolute atomic E-state index is 0.117. The third-order valence-corrected chi connectivity index (χ3v) is 5.95. The standard InChI is InChI=1S/C20H27ClFN5/c21-17-14-23-27(15-17)13-8-24-7-3-4-18(16-24)25-9-11-26(12-10-25)20-6-2-1-5-19(20)22/h1-2,5-6,14-15,18H,3-4,7-13,16H2. The van der Waals surface area contributed by atoms with Crippen LogP contribution in [0.15, 0.2) is 36.7 Å². The highest BCUT2D eigenvalue weighted by Crippen LogP contribution is 2.23. The number of aromatic nitrogens is 2. The van der Waals surface area contributed by atoms with Gasteiger partial charge >= 0.3 is 0 Å². The summed E-state index contributed by atoms with van der Waals surface area (Å²) in [5.41, 5.74) is 0.736. The van der Waals surface area contributed by atoms with E-state index in [2.05, 4.69) is 19.8 Å². The van der Waals surface area contributed by atoms with E-state index in [-0.39, 0.29) is 5.82 Å². The third kappa shape index (κ3) is 4.62. The first kappa shape index (κ1) is 18.7. The second-order valence-corrected chi connectivity index (χ2v) is 7.93. The van der Waals surface area contributed by atoms with Gasteiger partial charge in [-0.05, 0) is 31.5 Å². The number of nitrogens with zero attached hydrogens (tertiary/aromatic N) is 5. The molecule has 2 aliphatic heterocycles. The number of piperazine rings is 1. The molecule has 2 fully saturated rings. The molecule has 5 nitrogen and oxygen atoms in total. The van der Waals surface area contributed by atoms with Crippen molar-refractivity contribution in [3.8, 4) is 0 Å². The van der Waals surface area contributed by atoms with Gasteiger partial charge in [0.2, 0.25) is 0 Å². The van der Waals surface area contributed by atoms with Crippen LogP contribution >= 0.6 is 11.6 Å². The van der Waals surface area contributed by atoms with Crippen LogP contribution in [0.1, 0.15) is 12.8 Å². The summed E-state index contributed by atoms with van der Waals surface area (Å²) in [7, 11) is 0. The SMILES string of the molecule is Fc1ccccc1N1CCN(C2CCCN(CCn3cc(Cl)cn3)C2)CC1. The fourth-order valence-electron chi connectivity index (χ4n) is 4.27. The van der Waals surface area contributed by atoms with Gasteiger partial charge in [-0.1, -0.05) is 23.7 Å². The molecule has 0 saturated carbocycles. The van der Waals surface area contributed by atoms with E-state index in [4.69, 9.17) is 11.6 Å². The normalized spacial score (nSPS) is 22.3. The fraction of sp³-hybridized carbons (Fsp3) is 0.550. The van der Waals surface area contributed by atoms with E-state index in [0.29, 0.717) is 11.1 Å². The van der Waals surface area contributed by atoms with Crippen LogP contribution < -0.4 is 4.90 Å². The highest BCUT2D eigenvalue weighted by molar-refractivity contribution is 6.30. The summed E-state index contributed by atoms with van der Waals surface area (Å²) in [6.45, 7) is 7.93. The summed E-state index contributed by atoms with van der Waals surface area (Å²) in [5.74, 6) is -0.117. The Bertz CT molecular complexity index is 743. The summed E-state index contributed by atoms with van der Waals surface area (Å²) in [6, 6.07) is 7.70. The van der Waals surface area contributed by atoms with Crippen molar-refractivity contribution in [1.29, 1.82) is 0 Å². The van der Waals surface area contributed by atoms with Crippen molar-refractivity contribution in [2.75, 3.05) is 50.7 Å². The largest absolute Gasteiger partial charge is 0.367 e. The third-order valence-electron chi connectivity index (χ3n) is 5.75. The predicted octanol–water partition coefficient (Wildman–Crippen LogP) is 2.96. The number of piperidine rings is 1. The van der Waals surface area contributed by atoms with Crippen molar-refractivity contribution in [3.05, 3.63) is 47.5 Å². The maximum atomic E-state index is 14.0. The van der Waals surface area contributed by atoms with Gasteiger partial charge in [0.15, 0.2) is 0 Å². The first-order chi connectivity index (χ1) is 13.2. The average Bonchev–Trinajstić information content (AvgIpc) is 3.12. The fourth-order valence-corrected chi connectivity index (χ4v) is 4.43. The van der Waals surface area contributed by atoms with Gasteiger partial charge in [-0.15, -0.1) is 0 Å². The number of hydrogen-bond donors (Lipinski definition) is 0. The summed E-state index contributed by atoms with van der Waals surface area (Å²) in [5, 5.41) is 4.96. The van der Waals surface area contributed by atoms with E-state index < -0.39 is 0 Å². The molecule has 2 aromatic rings. The quantitative estimate of drug-likeness (QED) is 0.783. The Morgan fingerprint density at radius 1 is 1.07 bits per heavy atom. The van der Waals surface area contributed by atoms with E-state index in [1.165, 1.54) is 12.8 Å². The molecule has 3 heterocycles. The average molecular weight is 392 g/mol. The van der Waals surface area contributed by atoms with Gasteiger partial charge in [0.05, 0.1) is 23.5 Å². The number of anilines is 1. The van der Waals surface area contributed by atoms with Crippen LogP contribution in [0.25, 0.3) is 0 Å². The molecule has 1 atom stereocenters. The van der Waals surface area contributed by atoms with Crippen LogP contribution in [0.5, 0.6) is 0 Å². The zero-order chi connectivity index (χ0) is 18.6. The van der Waals surface area contributed by atoms with Gasteiger partial charge in [0.25, 0.3) is 0 Å². The van der Waals surface area contributed by atoms with E-state index in [1.54, 1.807) is 18.3 Å². The maximum absolute atomic E-state index is 14.0. The molecule has 7 heteroatoms. The minimum atomic E-state index is -0.117. The molecule has 0 amide bonds. The van der Waals surface area contributed by atoms with Crippen molar-refractivity contribution in [1.82, 2.24) is 19.6 Å². The number of para-hydroxylation sites is 1. The molecular formula is C20H27ClFN5. The van der Waals surface area contributed by atoms with Crippen LogP contribution in [-0.4, -0.2) is 71.4 Å². The molecule has 1 aromatic heterocycles. The highest BCUT2D eigenvalue weighted by atomic mass is 35.5. The molecule has 1 aromatic carbocycles. The van der Waals surface area contributed by atoms with E-state index in [9.17, 15) is 4.39 Å². The second-order valence-electron chi connectivity index (χ2n) is 7.49. The van der Waals surface area contributed by atoms with Crippen molar-refractivity contribution >= 4 is 17.3 Å². The zero-order valence-electron chi connectivity index (χ0n) is 15.6. The molecule has 2 aliphatic rings. The van der Waals surface area contributed by atoms with E-state index in [1.807, 2.05) is 23.0 Å². The molecule has 0 N–H and O–H groups in total. The lowest BCUT2D eigenvalue weighted by Crippen LogP contribution is -2.55. The smallest absolute Gasteiger partial charge is 0.146 e. The Kier molecular flexibility index (Phi) is 5.95. The summed E-state index contributed by atoms with van der Waals surface area (Å²) in [6.07, 6.45) is 6.06. The second kappa shape index (κ2) is 8.59. The molecule has 27 heavy (non-hydrogen) atoms. The Morgan fingerprint density at radius 3 is 2.63 bits per heavy atom. The lowest BCUT2D eigenvalue weighted by atomic mass is 10.0. The van der Waals surface area contributed by atoms with Crippen LogP contribution in [0.2, 0.25) is 5.02 Å². The highest BCUT2D eigenvalue weighted by Gasteiger charge is 2.28. The lowest BCUT2D eigenvalue weighted by Gasteiger charge is -2.44. The number of halogens is 2. The number of hydrogen-bond acceptors (Lipinski definition) is 4. The van der Waals surface area contributed by atoms with Crippen LogP contribution in [0.3, 0.4) is 0 Å². The number of likely N-dealkylation sites (tertiary alicyclic amines) is 1. The molecule has 0 aliphatic carbocycles. The molecule has 146 valence electrons. The van der Waals surface area contributed by atoms with Gasteiger partial charge in [0.1, 0.15) is 5.82 Å². The molecule has 0 bridgehead atoms. The molecular weight excluding hydrogens is 365 g/mol. The summed E-state index contributed by atoms with van der Waals surface area (Å²) < 4.78 is 15.9. The van der Waals surface area contributed by atoms with Gasteiger partial charge < -0.3 is 4.90 Å². The van der Waals surface area contributed by atoms with Gasteiger partial charge in [0, 0.05) is 51.5 Å². The molecule has 0 radical (unpaired) electrons. The molecule has 2 saturated heterocycles. The van der Waals surface area contributed by atoms with Crippen LogP contribution in [0.4, 0.5) is 10.1 Å².